The minimum atomic E-state index is 0.516. The lowest BCUT2D eigenvalue weighted by molar-refractivity contribution is 0.690. The molecule has 0 radical (unpaired) electrons. The van der Waals surface area contributed by atoms with Crippen molar-refractivity contribution in [3.05, 3.63) is 83.0 Å². The van der Waals surface area contributed by atoms with Crippen molar-refractivity contribution >= 4 is 34.7 Å². The molecule has 2 N–H and O–H groups in total. The Morgan fingerprint density at radius 2 is 1.64 bits per heavy atom. The maximum absolute atomic E-state index is 6.25. The van der Waals surface area contributed by atoms with Crippen LogP contribution in [0.3, 0.4) is 0 Å². The van der Waals surface area contributed by atoms with Crippen LogP contribution in [-0.4, -0.2) is 21.4 Å². The van der Waals surface area contributed by atoms with Gasteiger partial charge in [0.1, 0.15) is 5.02 Å². The summed E-state index contributed by atoms with van der Waals surface area (Å²) in [6.07, 6.45) is 2.70. The van der Waals surface area contributed by atoms with Crippen LogP contribution >= 0.6 is 23.8 Å². The second-order valence-corrected chi connectivity index (χ2v) is 6.44. The van der Waals surface area contributed by atoms with Gasteiger partial charge in [0.15, 0.2) is 10.9 Å². The molecule has 0 atom stereocenters. The third-order valence-corrected chi connectivity index (χ3v) is 4.20. The molecule has 0 spiro atoms. The Hall–Kier alpha value is -2.37. The van der Waals surface area contributed by atoms with Crippen LogP contribution in [0.15, 0.2) is 66.9 Å². The number of hydrogen-bond donors (Lipinski definition) is 2. The third-order valence-electron chi connectivity index (χ3n) is 3.68. The van der Waals surface area contributed by atoms with Gasteiger partial charge in [0.2, 0.25) is 0 Å². The number of hydrogen-bond acceptors (Lipinski definition) is 2. The SMILES string of the molecule is S=C(NCCc1ccccc1)Nc1nn(Cc2ccccc2)cc1Cl. The molecule has 0 aliphatic carbocycles. The first-order valence-corrected chi connectivity index (χ1v) is 8.85. The summed E-state index contributed by atoms with van der Waals surface area (Å²) < 4.78 is 1.80. The van der Waals surface area contributed by atoms with Crippen LogP contribution in [0.5, 0.6) is 0 Å². The van der Waals surface area contributed by atoms with Gasteiger partial charge in [0.25, 0.3) is 0 Å². The summed E-state index contributed by atoms with van der Waals surface area (Å²) >= 11 is 11.6. The van der Waals surface area contributed by atoms with Crippen molar-refractivity contribution in [2.45, 2.75) is 13.0 Å². The van der Waals surface area contributed by atoms with Gasteiger partial charge in [-0.2, -0.15) is 5.10 Å². The van der Waals surface area contributed by atoms with E-state index in [0.29, 0.717) is 22.5 Å². The topological polar surface area (TPSA) is 41.9 Å². The molecule has 0 saturated carbocycles. The quantitative estimate of drug-likeness (QED) is 0.641. The number of aromatic nitrogens is 2. The van der Waals surface area contributed by atoms with E-state index < -0.39 is 0 Å². The van der Waals surface area contributed by atoms with E-state index >= 15 is 0 Å². The van der Waals surface area contributed by atoms with Crippen molar-refractivity contribution in [2.75, 3.05) is 11.9 Å². The second-order valence-electron chi connectivity index (χ2n) is 5.63. The van der Waals surface area contributed by atoms with E-state index in [2.05, 4.69) is 40.0 Å². The van der Waals surface area contributed by atoms with Crippen molar-refractivity contribution in [1.82, 2.24) is 15.1 Å². The molecule has 0 fully saturated rings. The van der Waals surface area contributed by atoms with Crippen molar-refractivity contribution in [3.8, 4) is 0 Å². The summed E-state index contributed by atoms with van der Waals surface area (Å²) in [4.78, 5) is 0. The van der Waals surface area contributed by atoms with Gasteiger partial charge in [-0.1, -0.05) is 72.3 Å². The maximum atomic E-state index is 6.25. The lowest BCUT2D eigenvalue weighted by Gasteiger charge is -2.09. The van der Waals surface area contributed by atoms with Crippen LogP contribution in [-0.2, 0) is 13.0 Å². The Labute approximate surface area is 157 Å². The second kappa shape index (κ2) is 8.65. The highest BCUT2D eigenvalue weighted by molar-refractivity contribution is 7.80. The van der Waals surface area contributed by atoms with E-state index in [0.717, 1.165) is 18.5 Å². The molecule has 1 aromatic heterocycles. The molecule has 0 aliphatic heterocycles. The van der Waals surface area contributed by atoms with Crippen molar-refractivity contribution in [2.24, 2.45) is 0 Å². The number of nitrogens with zero attached hydrogens (tertiary/aromatic N) is 2. The van der Waals surface area contributed by atoms with Gasteiger partial charge in [-0.15, -0.1) is 0 Å². The third kappa shape index (κ3) is 5.31. The van der Waals surface area contributed by atoms with Crippen molar-refractivity contribution in [3.63, 3.8) is 0 Å². The van der Waals surface area contributed by atoms with Gasteiger partial charge in [-0.3, -0.25) is 4.68 Å². The molecule has 0 bridgehead atoms. The predicted octanol–water partition coefficient (Wildman–Crippen LogP) is 4.11. The Balaban J connectivity index is 1.51. The maximum Gasteiger partial charge on any atom is 0.173 e. The molecule has 0 saturated heterocycles. The Morgan fingerprint density at radius 3 is 2.32 bits per heavy atom. The summed E-state index contributed by atoms with van der Waals surface area (Å²) in [5, 5.41) is 11.8. The van der Waals surface area contributed by atoms with Gasteiger partial charge in [-0.25, -0.2) is 0 Å². The highest BCUT2D eigenvalue weighted by atomic mass is 35.5. The van der Waals surface area contributed by atoms with Gasteiger partial charge < -0.3 is 10.6 Å². The molecule has 2 aromatic carbocycles. The zero-order valence-corrected chi connectivity index (χ0v) is 15.2. The fourth-order valence-corrected chi connectivity index (χ4v) is 2.85. The monoisotopic (exact) mass is 370 g/mol. The lowest BCUT2D eigenvalue weighted by atomic mass is 10.1. The fraction of sp³-hybridized carbons (Fsp3) is 0.158. The van der Waals surface area contributed by atoms with Gasteiger partial charge in [0, 0.05) is 12.7 Å². The molecule has 6 heteroatoms. The number of rotatable bonds is 6. The molecule has 25 heavy (non-hydrogen) atoms. The van der Waals surface area contributed by atoms with E-state index in [9.17, 15) is 0 Å². The molecular weight excluding hydrogens is 352 g/mol. The van der Waals surface area contributed by atoms with E-state index in [4.69, 9.17) is 23.8 Å². The normalized spacial score (nSPS) is 10.4. The first-order chi connectivity index (χ1) is 12.2. The molecule has 3 rings (SSSR count). The Kier molecular flexibility index (Phi) is 6.04. The first-order valence-electron chi connectivity index (χ1n) is 8.06. The number of thiocarbonyl (C=S) groups is 1. The largest absolute Gasteiger partial charge is 0.362 e. The number of nitrogens with one attached hydrogen (secondary N) is 2. The fourth-order valence-electron chi connectivity index (χ4n) is 2.45. The van der Waals surface area contributed by atoms with Crippen LogP contribution in [0.25, 0.3) is 0 Å². The Morgan fingerprint density at radius 1 is 1.00 bits per heavy atom. The van der Waals surface area contributed by atoms with Crippen LogP contribution in [0.1, 0.15) is 11.1 Å². The highest BCUT2D eigenvalue weighted by Gasteiger charge is 2.09. The van der Waals surface area contributed by atoms with Crippen LogP contribution in [0, 0.1) is 0 Å². The van der Waals surface area contributed by atoms with Gasteiger partial charge in [0.05, 0.1) is 6.54 Å². The summed E-state index contributed by atoms with van der Waals surface area (Å²) in [7, 11) is 0. The van der Waals surface area contributed by atoms with Gasteiger partial charge >= 0.3 is 0 Å². The summed E-state index contributed by atoms with van der Waals surface area (Å²) in [6, 6.07) is 20.4. The van der Waals surface area contributed by atoms with Crippen molar-refractivity contribution < 1.29 is 0 Å². The number of anilines is 1. The molecule has 0 amide bonds. The predicted molar refractivity (Wildman–Crippen MR) is 107 cm³/mol. The molecule has 1 heterocycles. The molecule has 128 valence electrons. The highest BCUT2D eigenvalue weighted by Crippen LogP contribution is 2.19. The molecule has 4 nitrogen and oxygen atoms in total. The van der Waals surface area contributed by atoms with E-state index in [1.807, 2.05) is 36.4 Å². The van der Waals surface area contributed by atoms with Crippen LogP contribution in [0.4, 0.5) is 5.82 Å². The number of halogens is 1. The lowest BCUT2D eigenvalue weighted by Crippen LogP contribution is -2.30. The summed E-state index contributed by atoms with van der Waals surface area (Å²) in [6.45, 7) is 1.41. The average molecular weight is 371 g/mol. The average Bonchev–Trinajstić information content (AvgIpc) is 2.96. The zero-order valence-electron chi connectivity index (χ0n) is 13.7. The summed E-state index contributed by atoms with van der Waals surface area (Å²) in [5.74, 6) is 0.565. The minimum Gasteiger partial charge on any atom is -0.362 e. The van der Waals surface area contributed by atoms with E-state index in [1.54, 1.807) is 10.9 Å². The van der Waals surface area contributed by atoms with E-state index in [1.165, 1.54) is 5.56 Å². The molecule has 0 unspecified atom stereocenters. The zero-order chi connectivity index (χ0) is 17.5. The van der Waals surface area contributed by atoms with Crippen molar-refractivity contribution in [1.29, 1.82) is 0 Å². The molecule has 0 aliphatic rings. The first kappa shape index (κ1) is 17.5. The minimum absolute atomic E-state index is 0.516. The number of benzene rings is 2. The Bertz CT molecular complexity index is 818. The van der Waals surface area contributed by atoms with Gasteiger partial charge in [-0.05, 0) is 29.8 Å². The molecule has 3 aromatic rings. The smallest absolute Gasteiger partial charge is 0.173 e. The van der Waals surface area contributed by atoms with Crippen LogP contribution < -0.4 is 10.6 Å². The summed E-state index contributed by atoms with van der Waals surface area (Å²) in [5.41, 5.74) is 2.43. The standard InChI is InChI=1S/C19H19ClN4S/c20-17-14-24(13-16-9-5-2-6-10-16)23-18(17)22-19(25)21-12-11-15-7-3-1-4-8-15/h1-10,14H,11-13H2,(H2,21,22,23,25). The van der Waals surface area contributed by atoms with E-state index in [-0.39, 0.29) is 0 Å². The molecular formula is C19H19ClN4S. The van der Waals surface area contributed by atoms with Crippen LogP contribution in [0.2, 0.25) is 5.02 Å².